The van der Waals surface area contributed by atoms with Gasteiger partial charge in [0.15, 0.2) is 11.8 Å². The maximum Gasteiger partial charge on any atom is 0.191 e. The lowest BCUT2D eigenvalue weighted by Gasteiger charge is -2.23. The molecule has 1 unspecified atom stereocenters. The second-order valence-electron chi connectivity index (χ2n) is 6.75. The van der Waals surface area contributed by atoms with Crippen LogP contribution >= 0.6 is 35.3 Å². The van der Waals surface area contributed by atoms with Crippen LogP contribution in [0.1, 0.15) is 29.2 Å². The molecule has 0 fully saturated rings. The predicted octanol–water partition coefficient (Wildman–Crippen LogP) is 2.58. The first kappa shape index (κ1) is 23.4. The van der Waals surface area contributed by atoms with Gasteiger partial charge in [-0.15, -0.1) is 45.5 Å². The maximum atomic E-state index is 10.7. The molecule has 3 aromatic rings. The number of hydrogen-bond donors (Lipinski definition) is 3. The molecule has 3 heterocycles. The molecular formula is C19H27IN6O2S. The van der Waals surface area contributed by atoms with Gasteiger partial charge in [-0.05, 0) is 43.8 Å². The Bertz CT molecular complexity index is 890. The van der Waals surface area contributed by atoms with E-state index in [1.165, 1.54) is 4.88 Å². The highest BCUT2D eigenvalue weighted by Gasteiger charge is 2.26. The molecule has 0 bridgehead atoms. The topological polar surface area (TPSA) is 100 Å². The minimum absolute atomic E-state index is 0. The summed E-state index contributed by atoms with van der Waals surface area (Å²) < 4.78 is 7.25. The van der Waals surface area contributed by atoms with Gasteiger partial charge in [-0.1, -0.05) is 6.07 Å². The SMILES string of the molecule is Cc1nnc(CN=C(NCCc2cccs2)NCC(C)(O)c2ccco2)n1C.I. The minimum Gasteiger partial charge on any atom is -0.466 e. The van der Waals surface area contributed by atoms with Crippen molar-refractivity contribution in [1.29, 1.82) is 0 Å². The van der Waals surface area contributed by atoms with Crippen molar-refractivity contribution in [2.45, 2.75) is 32.4 Å². The molecule has 1 atom stereocenters. The summed E-state index contributed by atoms with van der Waals surface area (Å²) in [6, 6.07) is 7.67. The normalized spacial score (nSPS) is 13.6. The van der Waals surface area contributed by atoms with E-state index < -0.39 is 5.60 Å². The summed E-state index contributed by atoms with van der Waals surface area (Å²) in [5, 5.41) is 27.5. The summed E-state index contributed by atoms with van der Waals surface area (Å²) in [4.78, 5) is 5.91. The van der Waals surface area contributed by atoms with E-state index in [2.05, 4.69) is 37.3 Å². The minimum atomic E-state index is -1.15. The van der Waals surface area contributed by atoms with E-state index >= 15 is 0 Å². The third-order valence-electron chi connectivity index (χ3n) is 4.46. The van der Waals surface area contributed by atoms with Gasteiger partial charge in [0.05, 0.1) is 12.8 Å². The number of halogens is 1. The van der Waals surface area contributed by atoms with E-state index in [1.54, 1.807) is 36.7 Å². The number of thiophene rings is 1. The molecule has 0 radical (unpaired) electrons. The van der Waals surface area contributed by atoms with Crippen LogP contribution in [0.4, 0.5) is 0 Å². The Balaban J connectivity index is 0.00000300. The first-order valence-corrected chi connectivity index (χ1v) is 9.99. The lowest BCUT2D eigenvalue weighted by atomic mass is 10.0. The van der Waals surface area contributed by atoms with Crippen LogP contribution in [0, 0.1) is 6.92 Å². The molecule has 0 aromatic carbocycles. The Morgan fingerprint density at radius 1 is 1.31 bits per heavy atom. The summed E-state index contributed by atoms with van der Waals surface area (Å²) in [5.41, 5.74) is -1.15. The van der Waals surface area contributed by atoms with E-state index in [0.717, 1.165) is 24.6 Å². The standard InChI is InChI=1S/C19H26N6O2S.HI/c1-14-23-24-17(25(14)3)12-21-18(20-9-8-15-6-5-11-28-15)22-13-19(2,26)16-7-4-10-27-16;/h4-7,10-11,26H,8-9,12-13H2,1-3H3,(H2,20,21,22);1H. The molecule has 29 heavy (non-hydrogen) atoms. The van der Waals surface area contributed by atoms with Crippen molar-refractivity contribution in [1.82, 2.24) is 25.4 Å². The largest absolute Gasteiger partial charge is 0.466 e. The van der Waals surface area contributed by atoms with E-state index in [4.69, 9.17) is 4.42 Å². The number of nitrogens with zero attached hydrogens (tertiary/aromatic N) is 4. The van der Waals surface area contributed by atoms with Crippen LogP contribution in [-0.2, 0) is 25.6 Å². The third-order valence-corrected chi connectivity index (χ3v) is 5.39. The number of hydrogen-bond acceptors (Lipinski definition) is 6. The molecule has 3 N–H and O–H groups in total. The van der Waals surface area contributed by atoms with E-state index in [-0.39, 0.29) is 30.5 Å². The molecule has 3 aromatic heterocycles. The maximum absolute atomic E-state index is 10.7. The van der Waals surface area contributed by atoms with Crippen molar-refractivity contribution in [3.63, 3.8) is 0 Å². The summed E-state index contributed by atoms with van der Waals surface area (Å²) in [6.07, 6.45) is 2.45. The Labute approximate surface area is 191 Å². The number of guanidine groups is 1. The second kappa shape index (κ2) is 10.7. The van der Waals surface area contributed by atoms with Gasteiger partial charge in [0, 0.05) is 18.5 Å². The highest BCUT2D eigenvalue weighted by Crippen LogP contribution is 2.19. The molecule has 3 rings (SSSR count). The quantitative estimate of drug-likeness (QED) is 0.235. The number of aromatic nitrogens is 3. The number of nitrogens with one attached hydrogen (secondary N) is 2. The van der Waals surface area contributed by atoms with Crippen molar-refractivity contribution < 1.29 is 9.52 Å². The average Bonchev–Trinajstić information content (AvgIpc) is 3.42. The zero-order chi connectivity index (χ0) is 20.0. The van der Waals surface area contributed by atoms with Crippen LogP contribution in [-0.4, -0.2) is 38.9 Å². The van der Waals surface area contributed by atoms with Gasteiger partial charge in [-0.25, -0.2) is 4.99 Å². The highest BCUT2D eigenvalue weighted by atomic mass is 127. The number of aliphatic hydroxyl groups is 1. The zero-order valence-electron chi connectivity index (χ0n) is 16.8. The molecule has 0 aliphatic heterocycles. The Hall–Kier alpha value is -1.92. The van der Waals surface area contributed by atoms with E-state index in [9.17, 15) is 5.11 Å². The lowest BCUT2D eigenvalue weighted by Crippen LogP contribution is -2.45. The Kier molecular flexibility index (Phi) is 8.65. The van der Waals surface area contributed by atoms with E-state index in [0.29, 0.717) is 18.3 Å². The molecule has 0 amide bonds. The van der Waals surface area contributed by atoms with Crippen molar-refractivity contribution in [3.8, 4) is 0 Å². The van der Waals surface area contributed by atoms with Gasteiger partial charge in [0.1, 0.15) is 23.7 Å². The first-order chi connectivity index (χ1) is 13.5. The summed E-state index contributed by atoms with van der Waals surface area (Å²) in [7, 11) is 1.92. The van der Waals surface area contributed by atoms with Crippen LogP contribution in [0.25, 0.3) is 0 Å². The summed E-state index contributed by atoms with van der Waals surface area (Å²) >= 11 is 1.73. The smallest absolute Gasteiger partial charge is 0.191 e. The molecule has 0 aliphatic rings. The molecular weight excluding hydrogens is 503 g/mol. The fourth-order valence-electron chi connectivity index (χ4n) is 2.60. The van der Waals surface area contributed by atoms with E-state index in [1.807, 2.05) is 24.6 Å². The van der Waals surface area contributed by atoms with Crippen LogP contribution in [0.2, 0.25) is 0 Å². The zero-order valence-corrected chi connectivity index (χ0v) is 19.9. The second-order valence-corrected chi connectivity index (χ2v) is 7.78. The van der Waals surface area contributed by atoms with Crippen molar-refractivity contribution in [2.24, 2.45) is 12.0 Å². The molecule has 8 nitrogen and oxygen atoms in total. The van der Waals surface area contributed by atoms with Gasteiger partial charge in [-0.3, -0.25) is 0 Å². The van der Waals surface area contributed by atoms with Crippen molar-refractivity contribution >= 4 is 41.3 Å². The van der Waals surface area contributed by atoms with Gasteiger partial charge >= 0.3 is 0 Å². The van der Waals surface area contributed by atoms with Gasteiger partial charge in [0.25, 0.3) is 0 Å². The Morgan fingerprint density at radius 3 is 2.76 bits per heavy atom. The third kappa shape index (κ3) is 6.54. The Morgan fingerprint density at radius 2 is 2.14 bits per heavy atom. The van der Waals surface area contributed by atoms with Gasteiger partial charge in [0.2, 0.25) is 0 Å². The molecule has 10 heteroatoms. The van der Waals surface area contributed by atoms with Crippen LogP contribution in [0.5, 0.6) is 0 Å². The van der Waals surface area contributed by atoms with Crippen molar-refractivity contribution in [3.05, 3.63) is 58.2 Å². The summed E-state index contributed by atoms with van der Waals surface area (Å²) in [5.74, 6) is 2.71. The molecule has 0 spiro atoms. The monoisotopic (exact) mass is 530 g/mol. The van der Waals surface area contributed by atoms with Crippen LogP contribution in [0.3, 0.4) is 0 Å². The van der Waals surface area contributed by atoms with Crippen LogP contribution in [0.15, 0.2) is 45.3 Å². The molecule has 0 saturated carbocycles. The number of furan rings is 1. The molecule has 0 aliphatic carbocycles. The van der Waals surface area contributed by atoms with Gasteiger partial charge < -0.3 is 24.7 Å². The first-order valence-electron chi connectivity index (χ1n) is 9.11. The molecule has 158 valence electrons. The fraction of sp³-hybridized carbons (Fsp3) is 0.421. The molecule has 0 saturated heterocycles. The van der Waals surface area contributed by atoms with Gasteiger partial charge in [-0.2, -0.15) is 0 Å². The van der Waals surface area contributed by atoms with Crippen LogP contribution < -0.4 is 10.6 Å². The number of aryl methyl sites for hydroxylation is 1. The number of rotatable bonds is 8. The highest BCUT2D eigenvalue weighted by molar-refractivity contribution is 14.0. The van der Waals surface area contributed by atoms with Crippen molar-refractivity contribution in [2.75, 3.05) is 13.1 Å². The number of aliphatic imine (C=N–C) groups is 1. The fourth-order valence-corrected chi connectivity index (χ4v) is 3.31. The summed E-state index contributed by atoms with van der Waals surface area (Å²) in [6.45, 7) is 4.97. The predicted molar refractivity (Wildman–Crippen MR) is 125 cm³/mol. The lowest BCUT2D eigenvalue weighted by molar-refractivity contribution is 0.0386. The average molecular weight is 530 g/mol.